The van der Waals surface area contributed by atoms with Crippen molar-refractivity contribution in [2.75, 3.05) is 0 Å². The van der Waals surface area contributed by atoms with Gasteiger partial charge in [-0.15, -0.1) is 0 Å². The molecule has 108 valence electrons. The lowest BCUT2D eigenvalue weighted by Gasteiger charge is -2.14. The van der Waals surface area contributed by atoms with E-state index in [1.807, 2.05) is 32.0 Å². The Bertz CT molecular complexity index is 848. The van der Waals surface area contributed by atoms with Gasteiger partial charge >= 0.3 is 0 Å². The third kappa shape index (κ3) is 2.48. The Morgan fingerprint density at radius 1 is 1.19 bits per heavy atom. The summed E-state index contributed by atoms with van der Waals surface area (Å²) in [5.41, 5.74) is 3.48. The van der Waals surface area contributed by atoms with Gasteiger partial charge in [-0.3, -0.25) is 4.79 Å². The molecule has 2 aromatic heterocycles. The van der Waals surface area contributed by atoms with Crippen LogP contribution in [0.15, 0.2) is 47.7 Å². The van der Waals surface area contributed by atoms with E-state index in [4.69, 9.17) is 0 Å². The number of nitrogens with zero attached hydrogens (tertiary/aromatic N) is 3. The van der Waals surface area contributed by atoms with Crippen molar-refractivity contribution < 1.29 is 5.11 Å². The van der Waals surface area contributed by atoms with Crippen LogP contribution in [0.2, 0.25) is 0 Å². The van der Waals surface area contributed by atoms with E-state index >= 15 is 0 Å². The molecule has 5 heteroatoms. The molecule has 0 aliphatic heterocycles. The molecular formula is C16H17N3O2. The highest BCUT2D eigenvalue weighted by molar-refractivity contribution is 5.42. The molecule has 21 heavy (non-hydrogen) atoms. The van der Waals surface area contributed by atoms with Gasteiger partial charge < -0.3 is 9.67 Å². The second-order valence-corrected chi connectivity index (χ2v) is 5.28. The first-order chi connectivity index (χ1) is 10.1. The maximum Gasteiger partial charge on any atom is 0.276 e. The lowest BCUT2D eigenvalue weighted by Crippen LogP contribution is -2.24. The second-order valence-electron chi connectivity index (χ2n) is 5.28. The van der Waals surface area contributed by atoms with Crippen LogP contribution in [0.1, 0.15) is 22.8 Å². The van der Waals surface area contributed by atoms with Crippen LogP contribution >= 0.6 is 0 Å². The Labute approximate surface area is 122 Å². The molecule has 0 radical (unpaired) electrons. The van der Waals surface area contributed by atoms with E-state index in [1.54, 1.807) is 24.7 Å². The quantitative estimate of drug-likeness (QED) is 0.798. The van der Waals surface area contributed by atoms with E-state index in [1.165, 1.54) is 14.6 Å². The van der Waals surface area contributed by atoms with Crippen LogP contribution in [0.3, 0.4) is 0 Å². The highest BCUT2D eigenvalue weighted by Crippen LogP contribution is 2.18. The third-order valence-corrected chi connectivity index (χ3v) is 3.82. The molecule has 0 amide bonds. The highest BCUT2D eigenvalue weighted by Gasteiger charge is 2.11. The van der Waals surface area contributed by atoms with Gasteiger partial charge in [0.1, 0.15) is 5.52 Å². The van der Waals surface area contributed by atoms with Gasteiger partial charge in [-0.05, 0) is 36.6 Å². The number of aliphatic hydroxyl groups excluding tert-OH is 1. The highest BCUT2D eigenvalue weighted by atomic mass is 16.3. The number of aromatic nitrogens is 3. The minimum absolute atomic E-state index is 0.155. The summed E-state index contributed by atoms with van der Waals surface area (Å²) >= 11 is 0. The van der Waals surface area contributed by atoms with Crippen LogP contribution in [-0.4, -0.2) is 19.3 Å². The van der Waals surface area contributed by atoms with Crippen molar-refractivity contribution in [3.63, 3.8) is 0 Å². The minimum Gasteiger partial charge on any atom is -0.387 e. The van der Waals surface area contributed by atoms with Gasteiger partial charge in [0.2, 0.25) is 0 Å². The molecule has 1 aromatic carbocycles. The van der Waals surface area contributed by atoms with Gasteiger partial charge in [-0.2, -0.15) is 5.10 Å². The van der Waals surface area contributed by atoms with Gasteiger partial charge in [-0.25, -0.2) is 4.52 Å². The monoisotopic (exact) mass is 283 g/mol. The average molecular weight is 283 g/mol. The second kappa shape index (κ2) is 5.18. The van der Waals surface area contributed by atoms with Crippen molar-refractivity contribution >= 4 is 5.52 Å². The molecule has 1 N–H and O–H groups in total. The van der Waals surface area contributed by atoms with E-state index in [2.05, 4.69) is 5.10 Å². The molecule has 0 aliphatic carbocycles. The predicted octanol–water partition coefficient (Wildman–Crippen LogP) is 1.85. The van der Waals surface area contributed by atoms with Crippen LogP contribution in [-0.2, 0) is 6.54 Å². The number of aryl methyl sites for hydroxylation is 2. The van der Waals surface area contributed by atoms with Crippen LogP contribution in [0, 0.1) is 13.8 Å². The van der Waals surface area contributed by atoms with Crippen LogP contribution < -0.4 is 5.56 Å². The molecule has 0 fully saturated rings. The van der Waals surface area contributed by atoms with Gasteiger partial charge in [0.15, 0.2) is 0 Å². The molecular weight excluding hydrogens is 266 g/mol. The van der Waals surface area contributed by atoms with Crippen LogP contribution in [0.4, 0.5) is 0 Å². The molecule has 0 saturated heterocycles. The molecule has 1 atom stereocenters. The molecule has 5 nitrogen and oxygen atoms in total. The lowest BCUT2D eigenvalue weighted by molar-refractivity contribution is 0.155. The minimum atomic E-state index is -0.715. The number of hydrogen-bond donors (Lipinski definition) is 1. The number of benzene rings is 1. The molecule has 0 spiro atoms. The first kappa shape index (κ1) is 13.6. The van der Waals surface area contributed by atoms with Crippen molar-refractivity contribution in [2.24, 2.45) is 0 Å². The SMILES string of the molecule is Cc1ccc(C(O)Cn2ccn3nccc3c2=O)cc1C. The maximum atomic E-state index is 12.3. The molecule has 3 aromatic rings. The van der Waals surface area contributed by atoms with E-state index in [0.717, 1.165) is 11.1 Å². The summed E-state index contributed by atoms with van der Waals surface area (Å²) < 4.78 is 3.04. The molecule has 0 saturated carbocycles. The smallest absolute Gasteiger partial charge is 0.276 e. The van der Waals surface area contributed by atoms with Crippen molar-refractivity contribution in [1.29, 1.82) is 0 Å². The topological polar surface area (TPSA) is 59.5 Å². The number of aliphatic hydroxyl groups is 1. The average Bonchev–Trinajstić information content (AvgIpc) is 2.94. The number of rotatable bonds is 3. The maximum absolute atomic E-state index is 12.3. The summed E-state index contributed by atoms with van der Waals surface area (Å²) in [6.07, 6.45) is 4.23. The summed E-state index contributed by atoms with van der Waals surface area (Å²) in [4.78, 5) is 12.3. The summed E-state index contributed by atoms with van der Waals surface area (Å²) in [7, 11) is 0. The fourth-order valence-corrected chi connectivity index (χ4v) is 2.37. The first-order valence-electron chi connectivity index (χ1n) is 6.84. The molecule has 0 bridgehead atoms. The zero-order valence-corrected chi connectivity index (χ0v) is 12.0. The third-order valence-electron chi connectivity index (χ3n) is 3.82. The van der Waals surface area contributed by atoms with Crippen molar-refractivity contribution in [3.05, 3.63) is 69.9 Å². The zero-order chi connectivity index (χ0) is 15.0. The van der Waals surface area contributed by atoms with Gasteiger partial charge in [-0.1, -0.05) is 18.2 Å². The number of fused-ring (bicyclic) bond motifs is 1. The van der Waals surface area contributed by atoms with E-state index in [0.29, 0.717) is 5.52 Å². The first-order valence-corrected chi connectivity index (χ1v) is 6.84. The van der Waals surface area contributed by atoms with Gasteiger partial charge in [0.05, 0.1) is 18.8 Å². The largest absolute Gasteiger partial charge is 0.387 e. The summed E-state index contributed by atoms with van der Waals surface area (Å²) in [5, 5.41) is 14.4. The van der Waals surface area contributed by atoms with Gasteiger partial charge in [0, 0.05) is 12.4 Å². The molecule has 3 rings (SSSR count). The normalized spacial score (nSPS) is 12.7. The van der Waals surface area contributed by atoms with Crippen LogP contribution in [0.25, 0.3) is 5.52 Å². The Morgan fingerprint density at radius 3 is 2.76 bits per heavy atom. The zero-order valence-electron chi connectivity index (χ0n) is 12.0. The summed E-state index contributed by atoms with van der Waals surface area (Å²) in [5.74, 6) is 0. The van der Waals surface area contributed by atoms with E-state index < -0.39 is 6.10 Å². The molecule has 1 unspecified atom stereocenters. The van der Waals surface area contributed by atoms with Crippen molar-refractivity contribution in [1.82, 2.24) is 14.2 Å². The lowest BCUT2D eigenvalue weighted by atomic mass is 10.0. The molecule has 0 aliphatic rings. The standard InChI is InChI=1S/C16H17N3O2/c1-11-3-4-13(9-12(11)2)15(20)10-18-7-8-19-14(16(18)21)5-6-17-19/h3-9,15,20H,10H2,1-2H3. The predicted molar refractivity (Wildman–Crippen MR) is 80.3 cm³/mol. The molecule has 2 heterocycles. The Hall–Kier alpha value is -2.40. The van der Waals surface area contributed by atoms with Crippen LogP contribution in [0.5, 0.6) is 0 Å². The van der Waals surface area contributed by atoms with E-state index in [9.17, 15) is 9.90 Å². The Morgan fingerprint density at radius 2 is 2.00 bits per heavy atom. The van der Waals surface area contributed by atoms with E-state index in [-0.39, 0.29) is 12.1 Å². The fourth-order valence-electron chi connectivity index (χ4n) is 2.37. The van der Waals surface area contributed by atoms with Crippen molar-refractivity contribution in [2.45, 2.75) is 26.5 Å². The fraction of sp³-hybridized carbons (Fsp3) is 0.250. The Kier molecular flexibility index (Phi) is 3.35. The van der Waals surface area contributed by atoms with Gasteiger partial charge in [0.25, 0.3) is 5.56 Å². The number of hydrogen-bond acceptors (Lipinski definition) is 3. The summed E-state index contributed by atoms with van der Waals surface area (Å²) in [6, 6.07) is 7.51. The van der Waals surface area contributed by atoms with Crippen molar-refractivity contribution in [3.8, 4) is 0 Å². The Balaban J connectivity index is 1.92. The summed E-state index contributed by atoms with van der Waals surface area (Å²) in [6.45, 7) is 4.27.